The molecule has 2 rings (SSSR count). The third kappa shape index (κ3) is 1.32. The lowest BCUT2D eigenvalue weighted by atomic mass is 9.96. The average molecular weight is 201 g/mol. The van der Waals surface area contributed by atoms with E-state index in [2.05, 4.69) is 5.32 Å². The Morgan fingerprint density at radius 1 is 1.50 bits per heavy atom. The van der Waals surface area contributed by atoms with Crippen molar-refractivity contribution in [1.82, 2.24) is 5.32 Å². The minimum atomic E-state index is -0.796. The van der Waals surface area contributed by atoms with Crippen molar-refractivity contribution >= 4 is 5.97 Å². The highest BCUT2D eigenvalue weighted by Gasteiger charge is 2.54. The standard InChI is InChI=1S/C9H15NO4/c1-2-14-9(13)6-4-3-5(10-6)8(12)7(4)11/h4-8,10-12H,2-3H2,1H3. The predicted octanol–water partition coefficient (Wildman–Crippen LogP) is -1.37. The van der Waals surface area contributed by atoms with Gasteiger partial charge in [-0.25, -0.2) is 0 Å². The van der Waals surface area contributed by atoms with E-state index in [0.29, 0.717) is 13.0 Å². The molecule has 0 aromatic rings. The highest BCUT2D eigenvalue weighted by molar-refractivity contribution is 5.77. The number of hydrogen-bond donors (Lipinski definition) is 3. The van der Waals surface area contributed by atoms with Crippen LogP contribution in [0.3, 0.4) is 0 Å². The lowest BCUT2D eigenvalue weighted by Crippen LogP contribution is -2.54. The van der Waals surface area contributed by atoms with Gasteiger partial charge in [0.05, 0.1) is 18.8 Å². The normalized spacial score (nSPS) is 45.5. The van der Waals surface area contributed by atoms with Crippen LogP contribution in [0.1, 0.15) is 13.3 Å². The molecular weight excluding hydrogens is 186 g/mol. The molecule has 2 fully saturated rings. The summed E-state index contributed by atoms with van der Waals surface area (Å²) in [5.74, 6) is -0.528. The quantitative estimate of drug-likeness (QED) is 0.480. The van der Waals surface area contributed by atoms with Crippen LogP contribution in [-0.4, -0.2) is 47.1 Å². The maximum atomic E-state index is 11.4. The highest BCUT2D eigenvalue weighted by atomic mass is 16.5. The average Bonchev–Trinajstić information content (AvgIpc) is 2.68. The summed E-state index contributed by atoms with van der Waals surface area (Å²) in [6.07, 6.45) is -0.896. The van der Waals surface area contributed by atoms with Crippen molar-refractivity contribution in [2.45, 2.75) is 37.6 Å². The number of piperidine rings is 1. The van der Waals surface area contributed by atoms with Crippen molar-refractivity contribution in [2.24, 2.45) is 5.92 Å². The van der Waals surface area contributed by atoms with Gasteiger partial charge in [-0.1, -0.05) is 0 Å². The molecule has 0 spiro atoms. The number of carbonyl (C=O) groups excluding carboxylic acids is 1. The van der Waals surface area contributed by atoms with Gasteiger partial charge in [0.15, 0.2) is 0 Å². The van der Waals surface area contributed by atoms with Crippen molar-refractivity contribution in [3.8, 4) is 0 Å². The molecule has 0 aromatic carbocycles. The third-order valence-corrected chi connectivity index (χ3v) is 3.09. The van der Waals surface area contributed by atoms with E-state index in [1.807, 2.05) is 0 Å². The van der Waals surface area contributed by atoms with Crippen molar-refractivity contribution in [2.75, 3.05) is 6.61 Å². The number of aliphatic hydroxyl groups is 2. The molecule has 80 valence electrons. The molecule has 14 heavy (non-hydrogen) atoms. The summed E-state index contributed by atoms with van der Waals surface area (Å²) in [6, 6.07) is -0.609. The summed E-state index contributed by atoms with van der Waals surface area (Å²) in [7, 11) is 0. The molecule has 0 amide bonds. The largest absolute Gasteiger partial charge is 0.465 e. The molecule has 1 aliphatic carbocycles. The van der Waals surface area contributed by atoms with Gasteiger partial charge in [-0.3, -0.25) is 10.1 Å². The summed E-state index contributed by atoms with van der Waals surface area (Å²) in [5, 5.41) is 22.0. The van der Waals surface area contributed by atoms with Crippen LogP contribution in [0, 0.1) is 5.92 Å². The van der Waals surface area contributed by atoms with Crippen LogP contribution >= 0.6 is 0 Å². The Hall–Kier alpha value is -0.650. The molecule has 2 bridgehead atoms. The van der Waals surface area contributed by atoms with Crippen LogP contribution in [0.15, 0.2) is 0 Å². The van der Waals surface area contributed by atoms with Crippen molar-refractivity contribution in [1.29, 1.82) is 0 Å². The molecule has 5 nitrogen and oxygen atoms in total. The first-order valence-electron chi connectivity index (χ1n) is 4.94. The van der Waals surface area contributed by atoms with Crippen LogP contribution in [0.4, 0.5) is 0 Å². The molecule has 1 saturated carbocycles. The Morgan fingerprint density at radius 2 is 2.21 bits per heavy atom. The lowest BCUT2D eigenvalue weighted by molar-refractivity contribution is -0.149. The smallest absolute Gasteiger partial charge is 0.323 e. The molecule has 1 aliphatic heterocycles. The molecule has 2 aliphatic rings. The summed E-state index contributed by atoms with van der Waals surface area (Å²) in [6.45, 7) is 2.09. The Bertz CT molecular complexity index is 243. The first-order valence-corrected chi connectivity index (χ1v) is 4.94. The Kier molecular flexibility index (Phi) is 2.47. The van der Waals surface area contributed by atoms with E-state index in [1.165, 1.54) is 0 Å². The number of esters is 1. The fourth-order valence-corrected chi connectivity index (χ4v) is 2.39. The number of nitrogens with one attached hydrogen (secondary N) is 1. The predicted molar refractivity (Wildman–Crippen MR) is 47.5 cm³/mol. The molecular formula is C9H15NO4. The lowest BCUT2D eigenvalue weighted by Gasteiger charge is -2.29. The van der Waals surface area contributed by atoms with Crippen molar-refractivity contribution < 1.29 is 19.7 Å². The molecule has 1 heterocycles. The van der Waals surface area contributed by atoms with Crippen LogP contribution in [0.5, 0.6) is 0 Å². The zero-order chi connectivity index (χ0) is 10.3. The second-order valence-corrected chi connectivity index (χ2v) is 3.88. The summed E-state index contributed by atoms with van der Waals surface area (Å²) in [4.78, 5) is 11.4. The van der Waals surface area contributed by atoms with Gasteiger partial charge < -0.3 is 14.9 Å². The van der Waals surface area contributed by atoms with E-state index in [-0.39, 0.29) is 17.9 Å². The summed E-state index contributed by atoms with van der Waals surface area (Å²) in [5.41, 5.74) is 0. The van der Waals surface area contributed by atoms with E-state index in [4.69, 9.17) is 4.74 Å². The molecule has 0 radical (unpaired) electrons. The number of aliphatic hydroxyl groups excluding tert-OH is 2. The maximum Gasteiger partial charge on any atom is 0.323 e. The second-order valence-electron chi connectivity index (χ2n) is 3.88. The first-order chi connectivity index (χ1) is 6.65. The van der Waals surface area contributed by atoms with Gasteiger partial charge in [0.25, 0.3) is 0 Å². The van der Waals surface area contributed by atoms with E-state index in [1.54, 1.807) is 6.92 Å². The minimum absolute atomic E-state index is 0.163. The van der Waals surface area contributed by atoms with E-state index < -0.39 is 18.2 Å². The SMILES string of the molecule is CCOC(=O)C1NC2CC1C(O)C2O. The zero-order valence-corrected chi connectivity index (χ0v) is 8.01. The van der Waals surface area contributed by atoms with Gasteiger partial charge in [-0.05, 0) is 13.3 Å². The maximum absolute atomic E-state index is 11.4. The van der Waals surface area contributed by atoms with E-state index in [9.17, 15) is 15.0 Å². The van der Waals surface area contributed by atoms with Crippen LogP contribution in [0.25, 0.3) is 0 Å². The number of carbonyl (C=O) groups is 1. The molecule has 3 N–H and O–H groups in total. The molecule has 5 atom stereocenters. The van der Waals surface area contributed by atoms with Crippen molar-refractivity contribution in [3.05, 3.63) is 0 Å². The van der Waals surface area contributed by atoms with Gasteiger partial charge in [-0.2, -0.15) is 0 Å². The van der Waals surface area contributed by atoms with E-state index in [0.717, 1.165) is 0 Å². The van der Waals surface area contributed by atoms with Crippen LogP contribution in [-0.2, 0) is 9.53 Å². The van der Waals surface area contributed by atoms with E-state index >= 15 is 0 Å². The van der Waals surface area contributed by atoms with Gasteiger partial charge in [-0.15, -0.1) is 0 Å². The fourth-order valence-electron chi connectivity index (χ4n) is 2.39. The number of hydrogen-bond acceptors (Lipinski definition) is 5. The van der Waals surface area contributed by atoms with Gasteiger partial charge >= 0.3 is 5.97 Å². The Balaban J connectivity index is 2.02. The van der Waals surface area contributed by atoms with Crippen LogP contribution in [0.2, 0.25) is 0 Å². The minimum Gasteiger partial charge on any atom is -0.465 e. The zero-order valence-electron chi connectivity index (χ0n) is 8.01. The molecule has 5 unspecified atom stereocenters. The molecule has 1 saturated heterocycles. The highest BCUT2D eigenvalue weighted by Crippen LogP contribution is 2.36. The Morgan fingerprint density at radius 3 is 2.71 bits per heavy atom. The Labute approximate surface area is 82.1 Å². The first kappa shape index (κ1) is 9.89. The fraction of sp³-hybridized carbons (Fsp3) is 0.889. The number of rotatable bonds is 2. The molecule has 0 aromatic heterocycles. The number of ether oxygens (including phenoxy) is 1. The van der Waals surface area contributed by atoms with Gasteiger partial charge in [0.2, 0.25) is 0 Å². The third-order valence-electron chi connectivity index (χ3n) is 3.09. The molecule has 5 heteroatoms. The number of fused-ring (bicyclic) bond motifs is 2. The topological polar surface area (TPSA) is 78.8 Å². The monoisotopic (exact) mass is 201 g/mol. The van der Waals surface area contributed by atoms with Gasteiger partial charge in [0.1, 0.15) is 6.04 Å². The van der Waals surface area contributed by atoms with Gasteiger partial charge in [0, 0.05) is 12.0 Å². The van der Waals surface area contributed by atoms with Crippen LogP contribution < -0.4 is 5.32 Å². The summed E-state index contributed by atoms with van der Waals surface area (Å²) >= 11 is 0. The van der Waals surface area contributed by atoms with Crippen molar-refractivity contribution in [3.63, 3.8) is 0 Å². The second kappa shape index (κ2) is 3.49. The summed E-state index contributed by atoms with van der Waals surface area (Å²) < 4.78 is 4.87.